The Bertz CT molecular complexity index is 661. The van der Waals surface area contributed by atoms with E-state index in [0.717, 1.165) is 23.4 Å². The van der Waals surface area contributed by atoms with Crippen LogP contribution in [0, 0.1) is 5.92 Å². The van der Waals surface area contributed by atoms with E-state index >= 15 is 0 Å². The van der Waals surface area contributed by atoms with Crippen LogP contribution in [0.4, 0.5) is 0 Å². The number of amides is 1. The van der Waals surface area contributed by atoms with Crippen LogP contribution in [0.2, 0.25) is 0 Å². The number of aromatic nitrogens is 1. The van der Waals surface area contributed by atoms with Crippen molar-refractivity contribution >= 4 is 35.4 Å². The van der Waals surface area contributed by atoms with Crippen molar-refractivity contribution < 1.29 is 14.7 Å². The first-order valence-corrected chi connectivity index (χ1v) is 8.87. The van der Waals surface area contributed by atoms with Gasteiger partial charge in [-0.05, 0) is 38.3 Å². The van der Waals surface area contributed by atoms with Crippen molar-refractivity contribution in [1.82, 2.24) is 9.88 Å². The number of aliphatic hydroxyl groups is 1. The van der Waals surface area contributed by atoms with Crippen molar-refractivity contribution in [2.45, 2.75) is 37.7 Å². The second-order valence-corrected chi connectivity index (χ2v) is 7.35. The number of pyridine rings is 1. The van der Waals surface area contributed by atoms with E-state index < -0.39 is 12.0 Å². The minimum atomic E-state index is -0.708. The number of nitrogens with zero attached hydrogens (tertiary/aromatic N) is 2. The molecule has 3 atom stereocenters. The third kappa shape index (κ3) is 3.05. The molecule has 1 aromatic rings. The highest BCUT2D eigenvalue weighted by Crippen LogP contribution is 2.51. The number of β-lactam (4-membered cyclic amide) rings is 1. The molecule has 1 saturated heterocycles. The van der Waals surface area contributed by atoms with Gasteiger partial charge in [0.25, 0.3) is 0 Å². The average Bonchev–Trinajstić information content (AvgIpc) is 2.82. The lowest BCUT2D eigenvalue weighted by Crippen LogP contribution is -2.60. The van der Waals surface area contributed by atoms with Gasteiger partial charge in [-0.15, -0.1) is 11.8 Å². The summed E-state index contributed by atoms with van der Waals surface area (Å²) in [5.74, 6) is -0.620. The third-order valence-electron chi connectivity index (χ3n) is 4.14. The molecule has 0 saturated carbocycles. The van der Waals surface area contributed by atoms with Gasteiger partial charge in [0.1, 0.15) is 11.1 Å². The summed E-state index contributed by atoms with van der Waals surface area (Å²) in [5.41, 5.74) is 1.40. The normalized spacial score (nSPS) is 24.5. The highest BCUT2D eigenvalue weighted by molar-refractivity contribution is 8.04. The molecule has 0 aliphatic carbocycles. The first-order valence-electron chi connectivity index (χ1n) is 7.55. The van der Waals surface area contributed by atoms with E-state index in [9.17, 15) is 14.7 Å². The van der Waals surface area contributed by atoms with E-state index in [0.29, 0.717) is 12.1 Å². The summed E-state index contributed by atoms with van der Waals surface area (Å²) in [6.45, 7) is 1.61. The zero-order chi connectivity index (χ0) is 16.6. The summed E-state index contributed by atoms with van der Waals surface area (Å²) in [6.07, 6.45) is 3.42. The summed E-state index contributed by atoms with van der Waals surface area (Å²) in [4.78, 5) is 30.7. The standard InChI is InChI=1S/C16H18N2O3S2/c1-9(19)12-14(20)18-13(16(21)22)11(23-15(12)18)7-4-6-10-5-2-3-8-17-10/h2-3,5,8-9,12,15,19H,4,6-7H2,1H3,(H,21,22)/t9-,12+,15+/m0/s1. The number of thioether (sulfide) groups is 1. The Balaban J connectivity index is 1.69. The van der Waals surface area contributed by atoms with Gasteiger partial charge in [0.15, 0.2) is 0 Å². The topological polar surface area (TPSA) is 70.5 Å². The molecule has 0 unspecified atom stereocenters. The number of rotatable bonds is 6. The van der Waals surface area contributed by atoms with Gasteiger partial charge in [-0.1, -0.05) is 18.7 Å². The predicted octanol–water partition coefficient (Wildman–Crippen LogP) is 1.98. The minimum Gasteiger partial charge on any atom is -0.392 e. The maximum atomic E-state index is 12.2. The number of thiol groups is 1. The predicted molar refractivity (Wildman–Crippen MR) is 91.6 cm³/mol. The molecule has 1 amide bonds. The number of allylic oxidation sites excluding steroid dienone is 1. The summed E-state index contributed by atoms with van der Waals surface area (Å²) in [6, 6.07) is 5.80. The second-order valence-electron chi connectivity index (χ2n) is 5.73. The molecule has 3 heterocycles. The zero-order valence-corrected chi connectivity index (χ0v) is 14.4. The lowest BCUT2D eigenvalue weighted by molar-refractivity contribution is -0.153. The molecule has 0 spiro atoms. The second kappa shape index (κ2) is 6.67. The molecule has 5 nitrogen and oxygen atoms in total. The minimum absolute atomic E-state index is 0.168. The van der Waals surface area contributed by atoms with Crippen molar-refractivity contribution in [3.05, 3.63) is 40.7 Å². The van der Waals surface area contributed by atoms with Crippen molar-refractivity contribution in [2.24, 2.45) is 5.92 Å². The number of carbonyl (C=O) groups is 2. The van der Waals surface area contributed by atoms with E-state index in [-0.39, 0.29) is 16.4 Å². The molecule has 0 aromatic carbocycles. The fourth-order valence-corrected chi connectivity index (χ4v) is 4.99. The van der Waals surface area contributed by atoms with E-state index in [1.165, 1.54) is 16.7 Å². The molecule has 3 rings (SSSR count). The molecule has 1 fully saturated rings. The number of hydrogen-bond acceptors (Lipinski definition) is 5. The van der Waals surface area contributed by atoms with Crippen LogP contribution >= 0.6 is 24.4 Å². The Kier molecular flexibility index (Phi) is 4.79. The smallest absolute Gasteiger partial charge is 0.236 e. The Morgan fingerprint density at radius 3 is 2.87 bits per heavy atom. The molecule has 0 radical (unpaired) electrons. The molecule has 122 valence electrons. The summed E-state index contributed by atoms with van der Waals surface area (Å²) in [5, 5.41) is 9.18. The Labute approximate surface area is 144 Å². The highest BCUT2D eigenvalue weighted by Gasteiger charge is 2.56. The van der Waals surface area contributed by atoms with Crippen LogP contribution in [-0.2, 0) is 16.0 Å². The highest BCUT2D eigenvalue weighted by atomic mass is 32.2. The fraction of sp³-hybridized carbons (Fsp3) is 0.438. The van der Waals surface area contributed by atoms with Crippen LogP contribution in [0.25, 0.3) is 0 Å². The quantitative estimate of drug-likeness (QED) is 0.606. The number of aryl methyl sites for hydroxylation is 1. The maximum Gasteiger partial charge on any atom is 0.236 e. The van der Waals surface area contributed by atoms with Gasteiger partial charge in [0, 0.05) is 16.8 Å². The van der Waals surface area contributed by atoms with Crippen molar-refractivity contribution in [3.8, 4) is 0 Å². The number of hydrogen-bond donors (Lipinski definition) is 2. The van der Waals surface area contributed by atoms with Gasteiger partial charge < -0.3 is 5.11 Å². The van der Waals surface area contributed by atoms with E-state index in [1.807, 2.05) is 18.2 Å². The summed E-state index contributed by atoms with van der Waals surface area (Å²) >= 11 is 5.43. The third-order valence-corrected chi connectivity index (χ3v) is 5.78. The Morgan fingerprint density at radius 1 is 1.48 bits per heavy atom. The van der Waals surface area contributed by atoms with Crippen molar-refractivity contribution in [1.29, 1.82) is 0 Å². The average molecular weight is 350 g/mol. The molecular weight excluding hydrogens is 332 g/mol. The molecule has 0 bridgehead atoms. The molecular formula is C16H18N2O3S2. The lowest BCUT2D eigenvalue weighted by Gasteiger charge is -2.43. The fourth-order valence-electron chi connectivity index (χ4n) is 3.01. The van der Waals surface area contributed by atoms with E-state index in [2.05, 4.69) is 17.6 Å². The SMILES string of the molecule is C[C@H](O)[C@@H]1C(=O)N2C(C(=O)S)=C(CCCc3ccccn3)S[C@H]12. The van der Waals surface area contributed by atoms with E-state index in [4.69, 9.17) is 0 Å². The molecule has 7 heteroatoms. The summed E-state index contributed by atoms with van der Waals surface area (Å²) in [7, 11) is 0. The van der Waals surface area contributed by atoms with Crippen LogP contribution in [0.15, 0.2) is 35.0 Å². The number of fused-ring (bicyclic) bond motifs is 1. The Hall–Kier alpha value is -1.31. The van der Waals surface area contributed by atoms with Gasteiger partial charge in [-0.25, -0.2) is 0 Å². The van der Waals surface area contributed by atoms with Gasteiger partial charge >= 0.3 is 0 Å². The number of aliphatic hydroxyl groups excluding tert-OH is 1. The van der Waals surface area contributed by atoms with Gasteiger partial charge in [0.05, 0.1) is 12.0 Å². The maximum absolute atomic E-state index is 12.2. The first kappa shape index (κ1) is 16.5. The van der Waals surface area contributed by atoms with Gasteiger partial charge in [-0.3, -0.25) is 19.5 Å². The van der Waals surface area contributed by atoms with Gasteiger partial charge in [-0.2, -0.15) is 0 Å². The largest absolute Gasteiger partial charge is 0.392 e. The van der Waals surface area contributed by atoms with Crippen LogP contribution in [-0.4, -0.2) is 37.5 Å². The van der Waals surface area contributed by atoms with Crippen LogP contribution in [0.5, 0.6) is 0 Å². The number of carbonyl (C=O) groups excluding carboxylic acids is 2. The first-order chi connectivity index (χ1) is 11.0. The molecule has 2 aliphatic rings. The van der Waals surface area contributed by atoms with Gasteiger partial charge in [0.2, 0.25) is 11.0 Å². The molecule has 23 heavy (non-hydrogen) atoms. The monoisotopic (exact) mass is 350 g/mol. The lowest BCUT2D eigenvalue weighted by atomic mass is 9.92. The molecule has 2 aliphatic heterocycles. The van der Waals surface area contributed by atoms with Crippen LogP contribution in [0.3, 0.4) is 0 Å². The zero-order valence-electron chi connectivity index (χ0n) is 12.7. The van der Waals surface area contributed by atoms with Crippen LogP contribution < -0.4 is 0 Å². The Morgan fingerprint density at radius 2 is 2.26 bits per heavy atom. The summed E-state index contributed by atoms with van der Waals surface area (Å²) < 4.78 is 0. The van der Waals surface area contributed by atoms with Crippen LogP contribution in [0.1, 0.15) is 25.5 Å². The molecule has 1 N–H and O–H groups in total. The van der Waals surface area contributed by atoms with Crippen molar-refractivity contribution in [2.75, 3.05) is 0 Å². The van der Waals surface area contributed by atoms with E-state index in [1.54, 1.807) is 13.1 Å². The molecule has 1 aromatic heterocycles. The van der Waals surface area contributed by atoms with Crippen molar-refractivity contribution in [3.63, 3.8) is 0 Å².